The summed E-state index contributed by atoms with van der Waals surface area (Å²) in [7, 11) is 0. The Labute approximate surface area is 110 Å². The van der Waals surface area contributed by atoms with Gasteiger partial charge >= 0.3 is 5.97 Å². The molecule has 0 unspecified atom stereocenters. The lowest BCUT2D eigenvalue weighted by Gasteiger charge is -2.12. The molecule has 0 spiro atoms. The number of carboxylic acid groups (broad SMARTS) is 1. The molecule has 0 aliphatic carbocycles. The molecule has 0 fully saturated rings. The van der Waals surface area contributed by atoms with Crippen LogP contribution in [-0.2, 0) is 6.54 Å². The van der Waals surface area contributed by atoms with Gasteiger partial charge in [0.1, 0.15) is 0 Å². The molecule has 2 aromatic rings. The second kappa shape index (κ2) is 5.23. The Balaban J connectivity index is 2.24. The normalized spacial score (nSPS) is 10.3. The molecule has 94 valence electrons. The molecule has 0 saturated heterocycles. The SMILES string of the molecule is Cc1cscc1CNc1c(C)cccc1C(=O)O. The van der Waals surface area contributed by atoms with Gasteiger partial charge < -0.3 is 10.4 Å². The molecule has 1 aromatic carbocycles. The van der Waals surface area contributed by atoms with Crippen LogP contribution in [0.1, 0.15) is 27.0 Å². The van der Waals surface area contributed by atoms with Gasteiger partial charge in [0.25, 0.3) is 0 Å². The van der Waals surface area contributed by atoms with Crippen molar-refractivity contribution >= 4 is 23.0 Å². The summed E-state index contributed by atoms with van der Waals surface area (Å²) in [4.78, 5) is 11.2. The van der Waals surface area contributed by atoms with Crippen molar-refractivity contribution in [3.8, 4) is 0 Å². The first-order chi connectivity index (χ1) is 8.59. The summed E-state index contributed by atoms with van der Waals surface area (Å²) >= 11 is 1.66. The summed E-state index contributed by atoms with van der Waals surface area (Å²) < 4.78 is 0. The van der Waals surface area contributed by atoms with Crippen LogP contribution < -0.4 is 5.32 Å². The van der Waals surface area contributed by atoms with Crippen LogP contribution in [0.15, 0.2) is 29.0 Å². The highest BCUT2D eigenvalue weighted by Gasteiger charge is 2.11. The van der Waals surface area contributed by atoms with E-state index >= 15 is 0 Å². The lowest BCUT2D eigenvalue weighted by Crippen LogP contribution is -2.08. The van der Waals surface area contributed by atoms with Gasteiger partial charge in [-0.1, -0.05) is 12.1 Å². The van der Waals surface area contributed by atoms with Crippen molar-refractivity contribution in [1.29, 1.82) is 0 Å². The third-order valence-electron chi connectivity index (χ3n) is 2.92. The zero-order chi connectivity index (χ0) is 13.1. The number of carboxylic acids is 1. The zero-order valence-electron chi connectivity index (χ0n) is 10.4. The zero-order valence-corrected chi connectivity index (χ0v) is 11.2. The van der Waals surface area contributed by atoms with Gasteiger partial charge in [-0.05, 0) is 47.4 Å². The molecule has 0 atom stereocenters. The number of aromatic carboxylic acids is 1. The topological polar surface area (TPSA) is 49.3 Å². The average molecular weight is 261 g/mol. The van der Waals surface area contributed by atoms with E-state index in [1.807, 2.05) is 13.0 Å². The minimum Gasteiger partial charge on any atom is -0.478 e. The predicted octanol–water partition coefficient (Wildman–Crippen LogP) is 3.68. The monoisotopic (exact) mass is 261 g/mol. The van der Waals surface area contributed by atoms with Crippen LogP contribution in [0.3, 0.4) is 0 Å². The number of nitrogens with one attached hydrogen (secondary N) is 1. The van der Waals surface area contributed by atoms with Crippen LogP contribution in [0.5, 0.6) is 0 Å². The number of rotatable bonds is 4. The molecule has 0 aliphatic rings. The molecule has 18 heavy (non-hydrogen) atoms. The van der Waals surface area contributed by atoms with Gasteiger partial charge in [0.2, 0.25) is 0 Å². The van der Waals surface area contributed by atoms with E-state index in [0.717, 1.165) is 5.56 Å². The lowest BCUT2D eigenvalue weighted by molar-refractivity contribution is 0.0698. The van der Waals surface area contributed by atoms with Crippen LogP contribution in [0, 0.1) is 13.8 Å². The van der Waals surface area contributed by atoms with Crippen molar-refractivity contribution in [3.63, 3.8) is 0 Å². The molecule has 0 aliphatic heterocycles. The molecule has 0 radical (unpaired) electrons. The fourth-order valence-electron chi connectivity index (χ4n) is 1.83. The van der Waals surface area contributed by atoms with Gasteiger partial charge in [-0.3, -0.25) is 0 Å². The number of aryl methyl sites for hydroxylation is 2. The molecule has 0 saturated carbocycles. The Morgan fingerprint density at radius 3 is 2.67 bits per heavy atom. The number of hydrogen-bond acceptors (Lipinski definition) is 3. The minimum absolute atomic E-state index is 0.322. The molecule has 2 N–H and O–H groups in total. The quantitative estimate of drug-likeness (QED) is 0.882. The highest BCUT2D eigenvalue weighted by molar-refractivity contribution is 7.08. The van der Waals surface area contributed by atoms with E-state index in [9.17, 15) is 4.79 Å². The van der Waals surface area contributed by atoms with Gasteiger partial charge in [0.05, 0.1) is 11.3 Å². The summed E-state index contributed by atoms with van der Waals surface area (Å²) in [6.07, 6.45) is 0. The van der Waals surface area contributed by atoms with Crippen molar-refractivity contribution in [1.82, 2.24) is 0 Å². The van der Waals surface area contributed by atoms with Gasteiger partial charge in [0.15, 0.2) is 0 Å². The molecule has 3 nitrogen and oxygen atoms in total. The number of para-hydroxylation sites is 1. The minimum atomic E-state index is -0.900. The van der Waals surface area contributed by atoms with Crippen molar-refractivity contribution in [2.75, 3.05) is 5.32 Å². The van der Waals surface area contributed by atoms with Crippen molar-refractivity contribution in [2.45, 2.75) is 20.4 Å². The van der Waals surface area contributed by atoms with Crippen LogP contribution in [0.4, 0.5) is 5.69 Å². The lowest BCUT2D eigenvalue weighted by atomic mass is 10.1. The summed E-state index contributed by atoms with van der Waals surface area (Å²) in [6, 6.07) is 5.30. The molecule has 1 aromatic heterocycles. The second-order valence-corrected chi connectivity index (χ2v) is 4.98. The average Bonchev–Trinajstić information content (AvgIpc) is 2.73. The van der Waals surface area contributed by atoms with E-state index in [2.05, 4.69) is 23.0 Å². The highest BCUT2D eigenvalue weighted by Crippen LogP contribution is 2.22. The predicted molar refractivity (Wildman–Crippen MR) is 74.5 cm³/mol. The van der Waals surface area contributed by atoms with Gasteiger partial charge in [0, 0.05) is 6.54 Å². The fraction of sp³-hybridized carbons (Fsp3) is 0.214. The summed E-state index contributed by atoms with van der Waals surface area (Å²) in [5.41, 5.74) is 4.42. The Bertz CT molecular complexity index is 575. The standard InChI is InChI=1S/C14H15NO2S/c1-9-4-3-5-12(14(16)17)13(9)15-6-11-8-18-7-10(11)2/h3-5,7-8,15H,6H2,1-2H3,(H,16,17). The number of carbonyl (C=O) groups is 1. The van der Waals surface area contributed by atoms with Crippen molar-refractivity contribution in [2.24, 2.45) is 0 Å². The molecular formula is C14H15NO2S. The first kappa shape index (κ1) is 12.6. The number of anilines is 1. The maximum absolute atomic E-state index is 11.2. The number of benzene rings is 1. The summed E-state index contributed by atoms with van der Waals surface area (Å²) in [5.74, 6) is -0.900. The van der Waals surface area contributed by atoms with E-state index < -0.39 is 5.97 Å². The maximum Gasteiger partial charge on any atom is 0.337 e. The van der Waals surface area contributed by atoms with E-state index in [1.165, 1.54) is 11.1 Å². The van der Waals surface area contributed by atoms with Crippen LogP contribution in [0.2, 0.25) is 0 Å². The van der Waals surface area contributed by atoms with E-state index in [4.69, 9.17) is 5.11 Å². The molecule has 1 heterocycles. The van der Waals surface area contributed by atoms with Gasteiger partial charge in [-0.2, -0.15) is 11.3 Å². The Kier molecular flexibility index (Phi) is 3.67. The van der Waals surface area contributed by atoms with E-state index in [1.54, 1.807) is 23.5 Å². The smallest absolute Gasteiger partial charge is 0.337 e. The first-order valence-electron chi connectivity index (χ1n) is 5.68. The first-order valence-corrected chi connectivity index (χ1v) is 6.62. The number of thiophene rings is 1. The third-order valence-corrected chi connectivity index (χ3v) is 3.83. The fourth-order valence-corrected chi connectivity index (χ4v) is 2.69. The molecule has 2 rings (SSSR count). The maximum atomic E-state index is 11.2. The van der Waals surface area contributed by atoms with E-state index in [0.29, 0.717) is 17.8 Å². The highest BCUT2D eigenvalue weighted by atomic mass is 32.1. The Morgan fingerprint density at radius 2 is 2.06 bits per heavy atom. The second-order valence-electron chi connectivity index (χ2n) is 4.24. The third kappa shape index (κ3) is 2.54. The van der Waals surface area contributed by atoms with Crippen LogP contribution >= 0.6 is 11.3 Å². The van der Waals surface area contributed by atoms with Crippen LogP contribution in [-0.4, -0.2) is 11.1 Å². The molecular weight excluding hydrogens is 246 g/mol. The van der Waals surface area contributed by atoms with Gasteiger partial charge in [-0.15, -0.1) is 0 Å². The Hall–Kier alpha value is -1.81. The molecule has 4 heteroatoms. The molecule has 0 amide bonds. The largest absolute Gasteiger partial charge is 0.478 e. The van der Waals surface area contributed by atoms with E-state index in [-0.39, 0.29) is 0 Å². The van der Waals surface area contributed by atoms with Gasteiger partial charge in [-0.25, -0.2) is 4.79 Å². The Morgan fingerprint density at radius 1 is 1.28 bits per heavy atom. The van der Waals surface area contributed by atoms with Crippen LogP contribution in [0.25, 0.3) is 0 Å². The summed E-state index contributed by atoms with van der Waals surface area (Å²) in [5, 5.41) is 16.6. The summed E-state index contributed by atoms with van der Waals surface area (Å²) in [6.45, 7) is 4.62. The number of hydrogen-bond donors (Lipinski definition) is 2. The van der Waals surface area contributed by atoms with Crippen molar-refractivity contribution < 1.29 is 9.90 Å². The molecule has 0 bridgehead atoms. The van der Waals surface area contributed by atoms with Crippen molar-refractivity contribution in [3.05, 3.63) is 51.2 Å².